The molecule has 1 aliphatic heterocycles. The number of carbonyl (C=O) groups is 3. The van der Waals surface area contributed by atoms with Crippen LogP contribution in [-0.2, 0) is 15.1 Å². The molecule has 3 N–H and O–H groups in total. The number of carbonyl (C=O) groups excluding carboxylic acids is 3. The Labute approximate surface area is 202 Å². The van der Waals surface area contributed by atoms with Crippen LogP contribution in [0.3, 0.4) is 0 Å². The van der Waals surface area contributed by atoms with Crippen LogP contribution in [0.15, 0.2) is 30.3 Å². The molecule has 1 heterocycles. The van der Waals surface area contributed by atoms with E-state index in [0.29, 0.717) is 12.5 Å². The van der Waals surface area contributed by atoms with Crippen LogP contribution in [0.1, 0.15) is 57.4 Å². The molecule has 0 radical (unpaired) electrons. The van der Waals surface area contributed by atoms with Crippen LogP contribution in [0.25, 0.3) is 0 Å². The molecule has 8 nitrogen and oxygen atoms in total. The van der Waals surface area contributed by atoms with E-state index in [9.17, 15) is 14.4 Å². The number of primary amides is 1. The Morgan fingerprint density at radius 1 is 1.15 bits per heavy atom. The molecule has 1 aromatic carbocycles. The van der Waals surface area contributed by atoms with Gasteiger partial charge in [-0.25, -0.2) is 4.79 Å². The molecule has 0 aromatic heterocycles. The lowest BCUT2D eigenvalue weighted by Gasteiger charge is -2.52. The highest BCUT2D eigenvalue weighted by Gasteiger charge is 2.55. The number of rotatable bonds is 9. The van der Waals surface area contributed by atoms with Crippen molar-refractivity contribution in [2.75, 3.05) is 39.8 Å². The number of nitrogens with one attached hydrogen (secondary N) is 1. The normalized spacial score (nSPS) is 27.3. The number of hydrogen-bond acceptors (Lipinski definition) is 4. The van der Waals surface area contributed by atoms with Gasteiger partial charge in [-0.1, -0.05) is 43.7 Å². The third-order valence-electron chi connectivity index (χ3n) is 8.54. The summed E-state index contributed by atoms with van der Waals surface area (Å²) in [5, 5.41) is 2.52. The van der Waals surface area contributed by atoms with Crippen LogP contribution >= 0.6 is 0 Å². The van der Waals surface area contributed by atoms with Crippen LogP contribution < -0.4 is 11.1 Å². The summed E-state index contributed by atoms with van der Waals surface area (Å²) in [4.78, 5) is 43.2. The predicted octanol–water partition coefficient (Wildman–Crippen LogP) is 2.29. The van der Waals surface area contributed by atoms with E-state index in [4.69, 9.17) is 5.73 Å². The molecular formula is C26H39N5O3. The lowest BCUT2D eigenvalue weighted by atomic mass is 9.68. The van der Waals surface area contributed by atoms with Gasteiger partial charge in [0.15, 0.2) is 0 Å². The fourth-order valence-corrected chi connectivity index (χ4v) is 6.12. The maximum atomic E-state index is 13.5. The Bertz CT molecular complexity index is 893. The Morgan fingerprint density at radius 3 is 2.38 bits per heavy atom. The van der Waals surface area contributed by atoms with Gasteiger partial charge in [0, 0.05) is 18.6 Å². The van der Waals surface area contributed by atoms with Crippen molar-refractivity contribution in [1.82, 2.24) is 20.0 Å². The number of nitrogens with zero attached hydrogens (tertiary/aromatic N) is 3. The van der Waals surface area contributed by atoms with E-state index >= 15 is 0 Å². The summed E-state index contributed by atoms with van der Waals surface area (Å²) in [6.07, 6.45) is 7.33. The van der Waals surface area contributed by atoms with Crippen molar-refractivity contribution < 1.29 is 14.4 Å². The minimum atomic E-state index is -0.589. The van der Waals surface area contributed by atoms with Crippen molar-refractivity contribution >= 4 is 17.8 Å². The van der Waals surface area contributed by atoms with E-state index in [1.807, 2.05) is 0 Å². The Hall–Kier alpha value is -2.61. The minimum absolute atomic E-state index is 0.0340. The van der Waals surface area contributed by atoms with E-state index in [2.05, 4.69) is 59.4 Å². The van der Waals surface area contributed by atoms with Gasteiger partial charge < -0.3 is 20.9 Å². The van der Waals surface area contributed by atoms with Crippen LogP contribution in [0.5, 0.6) is 0 Å². The molecule has 0 bridgehead atoms. The highest BCUT2D eigenvalue weighted by Crippen LogP contribution is 2.49. The number of hydrogen-bond donors (Lipinski definition) is 2. The van der Waals surface area contributed by atoms with Gasteiger partial charge in [-0.2, -0.15) is 0 Å². The van der Waals surface area contributed by atoms with E-state index in [1.165, 1.54) is 24.8 Å². The number of nitrogens with two attached hydrogens (primary N) is 1. The quantitative estimate of drug-likeness (QED) is 0.580. The molecule has 8 heteroatoms. The number of benzene rings is 1. The monoisotopic (exact) mass is 469 g/mol. The van der Waals surface area contributed by atoms with Gasteiger partial charge in [0.2, 0.25) is 11.8 Å². The zero-order chi connectivity index (χ0) is 24.3. The molecule has 0 unspecified atom stereocenters. The highest BCUT2D eigenvalue weighted by atomic mass is 16.2. The molecule has 2 aliphatic carbocycles. The molecule has 3 aliphatic rings. The van der Waals surface area contributed by atoms with Crippen LogP contribution in [0.2, 0.25) is 0 Å². The summed E-state index contributed by atoms with van der Waals surface area (Å²) in [6.45, 7) is 4.25. The van der Waals surface area contributed by atoms with E-state index in [1.54, 1.807) is 4.90 Å². The van der Waals surface area contributed by atoms with E-state index in [0.717, 1.165) is 38.8 Å². The van der Waals surface area contributed by atoms with Crippen molar-refractivity contribution in [2.45, 2.75) is 62.9 Å². The Kier molecular flexibility index (Phi) is 7.17. The summed E-state index contributed by atoms with van der Waals surface area (Å²) >= 11 is 0. The molecule has 34 heavy (non-hydrogen) atoms. The van der Waals surface area contributed by atoms with Crippen molar-refractivity contribution in [1.29, 1.82) is 0 Å². The van der Waals surface area contributed by atoms with Crippen LogP contribution in [0, 0.1) is 5.92 Å². The average Bonchev–Trinajstić information content (AvgIpc) is 3.05. The van der Waals surface area contributed by atoms with Gasteiger partial charge >= 0.3 is 6.03 Å². The van der Waals surface area contributed by atoms with Gasteiger partial charge in [0.1, 0.15) is 6.54 Å². The van der Waals surface area contributed by atoms with Crippen LogP contribution in [0.4, 0.5) is 4.79 Å². The van der Waals surface area contributed by atoms with E-state index < -0.39 is 5.91 Å². The Morgan fingerprint density at radius 2 is 1.82 bits per heavy atom. The number of amides is 4. The second-order valence-corrected chi connectivity index (χ2v) is 10.4. The van der Waals surface area contributed by atoms with Crippen molar-refractivity contribution in [3.8, 4) is 0 Å². The Balaban J connectivity index is 1.54. The first-order chi connectivity index (χ1) is 16.3. The topological polar surface area (TPSA) is 99.0 Å². The summed E-state index contributed by atoms with van der Waals surface area (Å²) in [5.41, 5.74) is 6.20. The fourth-order valence-electron chi connectivity index (χ4n) is 6.12. The third-order valence-corrected chi connectivity index (χ3v) is 8.54. The smallest absolute Gasteiger partial charge is 0.321 e. The maximum absolute atomic E-state index is 13.5. The predicted molar refractivity (Wildman–Crippen MR) is 131 cm³/mol. The molecule has 2 saturated carbocycles. The minimum Gasteiger partial charge on any atom is -0.368 e. The van der Waals surface area contributed by atoms with Crippen molar-refractivity contribution in [3.05, 3.63) is 35.9 Å². The molecule has 3 fully saturated rings. The number of urea groups is 1. The molecular weight excluding hydrogens is 430 g/mol. The first-order valence-corrected chi connectivity index (χ1v) is 12.7. The molecule has 4 amide bonds. The van der Waals surface area contributed by atoms with Gasteiger partial charge in [0.25, 0.3) is 0 Å². The zero-order valence-electron chi connectivity index (χ0n) is 20.6. The second kappa shape index (κ2) is 9.94. The first-order valence-electron chi connectivity index (χ1n) is 12.7. The molecule has 1 spiro atoms. The zero-order valence-corrected chi connectivity index (χ0v) is 20.6. The largest absolute Gasteiger partial charge is 0.368 e. The van der Waals surface area contributed by atoms with Gasteiger partial charge in [-0.3, -0.25) is 14.5 Å². The highest BCUT2D eigenvalue weighted by molar-refractivity contribution is 5.88. The summed E-state index contributed by atoms with van der Waals surface area (Å²) in [5.74, 6) is -0.370. The summed E-state index contributed by atoms with van der Waals surface area (Å²) < 4.78 is 0. The van der Waals surface area contributed by atoms with Gasteiger partial charge in [-0.05, 0) is 63.6 Å². The second-order valence-electron chi connectivity index (χ2n) is 10.4. The SMILES string of the molecule is CCN(C)[C@]1(c2ccccc2)CC[C@@]2(CC1)CN(CC(=O)NCC(N)=O)C(=O)N2CC1CCC1. The average molecular weight is 470 g/mol. The molecule has 1 saturated heterocycles. The van der Waals surface area contributed by atoms with Crippen LogP contribution in [-0.4, -0.2) is 77.9 Å². The first kappa shape index (κ1) is 24.5. The molecule has 0 atom stereocenters. The lowest BCUT2D eigenvalue weighted by molar-refractivity contribution is -0.125. The van der Waals surface area contributed by atoms with Gasteiger partial charge in [0.05, 0.1) is 12.1 Å². The summed E-state index contributed by atoms with van der Waals surface area (Å²) in [7, 11) is 2.20. The maximum Gasteiger partial charge on any atom is 0.321 e. The molecule has 1 aromatic rings. The summed E-state index contributed by atoms with van der Waals surface area (Å²) in [6, 6.07) is 10.7. The third kappa shape index (κ3) is 4.65. The molecule has 186 valence electrons. The standard InChI is InChI=1S/C26H39N5O3/c1-3-29(2)26(21-10-5-4-6-11-21)14-12-25(13-15-26)19-30(18-23(33)28-16-22(27)32)24(34)31(25)17-20-8-7-9-20/h4-6,10-11,20H,3,7-9,12-19H2,1-2H3,(H2,27,32)(H,28,33)/t25-,26-. The van der Waals surface area contributed by atoms with Crippen molar-refractivity contribution in [3.63, 3.8) is 0 Å². The molecule has 4 rings (SSSR count). The van der Waals surface area contributed by atoms with E-state index in [-0.39, 0.29) is 36.1 Å². The lowest BCUT2D eigenvalue weighted by Crippen LogP contribution is -2.57. The fraction of sp³-hybridized carbons (Fsp3) is 0.654. The van der Waals surface area contributed by atoms with Crippen molar-refractivity contribution in [2.24, 2.45) is 11.7 Å². The van der Waals surface area contributed by atoms with Gasteiger partial charge in [-0.15, -0.1) is 0 Å².